The molecule has 4 heterocycles. The number of aryl methyl sites for hydroxylation is 1. The fourth-order valence-corrected chi connectivity index (χ4v) is 5.77. The number of fused-ring (bicyclic) bond motifs is 1. The van der Waals surface area contributed by atoms with E-state index in [1.54, 1.807) is 7.11 Å². The number of benzene rings is 2. The maximum absolute atomic E-state index is 13.5. The molecule has 1 N–H and O–H groups in total. The van der Waals surface area contributed by atoms with E-state index in [0.717, 1.165) is 74.4 Å². The molecule has 2 aromatic carbocycles. The van der Waals surface area contributed by atoms with Gasteiger partial charge in [0.2, 0.25) is 0 Å². The number of hydrogen-bond acceptors (Lipinski definition) is 8. The van der Waals surface area contributed by atoms with Crippen LogP contribution in [0.4, 0.5) is 0 Å². The molecule has 39 heavy (non-hydrogen) atoms. The number of piperazine rings is 1. The fraction of sp³-hybridized carbons (Fsp3) is 0.448. The molecule has 2 atom stereocenters. The lowest BCUT2D eigenvalue weighted by molar-refractivity contribution is 0.0840. The monoisotopic (exact) mass is 529 g/mol. The molecule has 2 fully saturated rings. The summed E-state index contributed by atoms with van der Waals surface area (Å²) in [6.07, 6.45) is 2.12. The molecule has 2 aromatic heterocycles. The predicted octanol–water partition coefficient (Wildman–Crippen LogP) is 2.92. The van der Waals surface area contributed by atoms with Gasteiger partial charge < -0.3 is 14.5 Å². The van der Waals surface area contributed by atoms with Gasteiger partial charge >= 0.3 is 0 Å². The first-order valence-electron chi connectivity index (χ1n) is 13.7. The molecule has 10 nitrogen and oxygen atoms in total. The Kier molecular flexibility index (Phi) is 7.40. The summed E-state index contributed by atoms with van der Waals surface area (Å²) in [4.78, 5) is 21.4. The molecular weight excluding hydrogens is 494 g/mol. The number of ether oxygens (including phenoxy) is 2. The van der Waals surface area contributed by atoms with Crippen LogP contribution in [0.3, 0.4) is 0 Å². The maximum Gasteiger partial charge on any atom is 0.253 e. The van der Waals surface area contributed by atoms with E-state index in [2.05, 4.69) is 55.4 Å². The third kappa shape index (κ3) is 5.59. The second kappa shape index (κ2) is 11.3. The highest BCUT2D eigenvalue weighted by atomic mass is 16.5. The van der Waals surface area contributed by atoms with E-state index in [4.69, 9.17) is 9.47 Å². The van der Waals surface area contributed by atoms with Crippen molar-refractivity contribution in [2.24, 2.45) is 0 Å². The molecule has 0 amide bonds. The van der Waals surface area contributed by atoms with Crippen molar-refractivity contribution in [1.82, 2.24) is 35.0 Å². The summed E-state index contributed by atoms with van der Waals surface area (Å²) in [5.41, 5.74) is 3.75. The summed E-state index contributed by atoms with van der Waals surface area (Å²) >= 11 is 0. The molecule has 6 rings (SSSR count). The number of nitrogens with zero attached hydrogens (tertiary/aromatic N) is 6. The molecule has 2 aliphatic heterocycles. The summed E-state index contributed by atoms with van der Waals surface area (Å²) in [5, 5.41) is 13.9. The molecule has 0 aliphatic carbocycles. The molecule has 0 spiro atoms. The van der Waals surface area contributed by atoms with Gasteiger partial charge in [-0.2, -0.15) is 0 Å². The van der Waals surface area contributed by atoms with Gasteiger partial charge in [-0.05, 0) is 71.5 Å². The van der Waals surface area contributed by atoms with E-state index in [1.165, 1.54) is 5.56 Å². The van der Waals surface area contributed by atoms with Gasteiger partial charge in [0.1, 0.15) is 11.8 Å². The standard InChI is InChI=1S/C29H35N7O3/c1-20-8-9-26-22(15-20)17-25(29(37)30-26)27(28-31-32-33-36(28)19-24-7-4-14-39-24)35-12-10-34(11-13-35)18-21-5-3-6-23(16-21)38-2/h3,5-6,8-9,15-17,24,27H,4,7,10-14,18-19H2,1-2H3,(H,30,37)/t24-,27-/m0/s1. The zero-order chi connectivity index (χ0) is 26.8. The Balaban J connectivity index is 1.30. The van der Waals surface area contributed by atoms with Crippen LogP contribution >= 0.6 is 0 Å². The van der Waals surface area contributed by atoms with E-state index in [1.807, 2.05) is 35.0 Å². The largest absolute Gasteiger partial charge is 0.497 e. The van der Waals surface area contributed by atoms with Crippen molar-refractivity contribution in [2.75, 3.05) is 39.9 Å². The quantitative estimate of drug-likeness (QED) is 0.372. The lowest BCUT2D eigenvalue weighted by Gasteiger charge is -2.38. The fourth-order valence-electron chi connectivity index (χ4n) is 5.77. The van der Waals surface area contributed by atoms with Gasteiger partial charge in [0.05, 0.1) is 19.8 Å². The van der Waals surface area contributed by atoms with Crippen molar-refractivity contribution in [3.05, 3.63) is 81.4 Å². The van der Waals surface area contributed by atoms with Crippen LogP contribution in [0.2, 0.25) is 0 Å². The first-order chi connectivity index (χ1) is 19.1. The van der Waals surface area contributed by atoms with Crippen molar-refractivity contribution < 1.29 is 9.47 Å². The van der Waals surface area contributed by atoms with E-state index in [0.29, 0.717) is 17.9 Å². The van der Waals surface area contributed by atoms with Gasteiger partial charge in [-0.1, -0.05) is 23.8 Å². The average Bonchev–Trinajstić information content (AvgIpc) is 3.63. The Bertz CT molecular complexity index is 1490. The van der Waals surface area contributed by atoms with Gasteiger partial charge in [-0.15, -0.1) is 5.10 Å². The number of aromatic nitrogens is 5. The minimum atomic E-state index is -0.367. The van der Waals surface area contributed by atoms with Crippen LogP contribution in [0.25, 0.3) is 10.9 Å². The molecule has 4 aromatic rings. The summed E-state index contributed by atoms with van der Waals surface area (Å²) in [6, 6.07) is 15.9. The zero-order valence-electron chi connectivity index (χ0n) is 22.5. The van der Waals surface area contributed by atoms with Gasteiger partial charge in [-0.25, -0.2) is 4.68 Å². The van der Waals surface area contributed by atoms with Crippen LogP contribution in [0, 0.1) is 6.92 Å². The van der Waals surface area contributed by atoms with Crippen LogP contribution in [0.5, 0.6) is 5.75 Å². The number of tetrazole rings is 1. The SMILES string of the molecule is COc1cccc(CN2CCN([C@@H](c3cc4cc(C)ccc4[nH]c3=O)c3nnnn3C[C@@H]3CCCO3)CC2)c1. The summed E-state index contributed by atoms with van der Waals surface area (Å²) in [7, 11) is 1.69. The summed E-state index contributed by atoms with van der Waals surface area (Å²) in [6.45, 7) is 7.56. The van der Waals surface area contributed by atoms with Crippen LogP contribution in [0.1, 0.15) is 41.4 Å². The van der Waals surface area contributed by atoms with Gasteiger partial charge in [-0.3, -0.25) is 14.6 Å². The number of aromatic amines is 1. The highest BCUT2D eigenvalue weighted by molar-refractivity contribution is 5.79. The molecule has 204 valence electrons. The second-order valence-electron chi connectivity index (χ2n) is 10.6. The summed E-state index contributed by atoms with van der Waals surface area (Å²) < 4.78 is 13.1. The predicted molar refractivity (Wildman–Crippen MR) is 148 cm³/mol. The lowest BCUT2D eigenvalue weighted by atomic mass is 10.0. The Morgan fingerprint density at radius 3 is 2.79 bits per heavy atom. The smallest absolute Gasteiger partial charge is 0.253 e. The van der Waals surface area contributed by atoms with Crippen molar-refractivity contribution in [2.45, 2.75) is 45.0 Å². The minimum absolute atomic E-state index is 0.0881. The third-order valence-corrected chi connectivity index (χ3v) is 7.84. The maximum atomic E-state index is 13.5. The normalized spacial score (nSPS) is 19.5. The van der Waals surface area contributed by atoms with Crippen molar-refractivity contribution in [3.63, 3.8) is 0 Å². The van der Waals surface area contributed by atoms with Crippen molar-refractivity contribution in [3.8, 4) is 5.75 Å². The van der Waals surface area contributed by atoms with E-state index < -0.39 is 0 Å². The molecule has 10 heteroatoms. The molecular formula is C29H35N7O3. The topological polar surface area (TPSA) is 101 Å². The number of nitrogens with one attached hydrogen (secondary N) is 1. The highest BCUT2D eigenvalue weighted by Gasteiger charge is 2.33. The van der Waals surface area contributed by atoms with Crippen molar-refractivity contribution in [1.29, 1.82) is 0 Å². The van der Waals surface area contributed by atoms with Gasteiger partial charge in [0.15, 0.2) is 5.82 Å². The second-order valence-corrected chi connectivity index (χ2v) is 10.6. The lowest BCUT2D eigenvalue weighted by Crippen LogP contribution is -2.48. The molecule has 2 saturated heterocycles. The number of pyridine rings is 1. The van der Waals surface area contributed by atoms with E-state index >= 15 is 0 Å². The Morgan fingerprint density at radius 1 is 1.13 bits per heavy atom. The average molecular weight is 530 g/mol. The molecule has 2 aliphatic rings. The Morgan fingerprint density at radius 2 is 2.00 bits per heavy atom. The number of hydrogen-bond donors (Lipinski definition) is 1. The molecule has 0 unspecified atom stereocenters. The van der Waals surface area contributed by atoms with Gasteiger partial charge in [0, 0.05) is 50.4 Å². The Labute approximate surface area is 227 Å². The number of H-pyrrole nitrogens is 1. The highest BCUT2D eigenvalue weighted by Crippen LogP contribution is 2.29. The molecule has 0 saturated carbocycles. The van der Waals surface area contributed by atoms with Crippen molar-refractivity contribution >= 4 is 10.9 Å². The zero-order valence-corrected chi connectivity index (χ0v) is 22.5. The van der Waals surface area contributed by atoms with Crippen LogP contribution in [-0.4, -0.2) is 81.0 Å². The van der Waals surface area contributed by atoms with Crippen LogP contribution in [0.15, 0.2) is 53.3 Å². The molecule has 0 bridgehead atoms. The van der Waals surface area contributed by atoms with Gasteiger partial charge in [0.25, 0.3) is 5.56 Å². The number of rotatable bonds is 8. The minimum Gasteiger partial charge on any atom is -0.497 e. The third-order valence-electron chi connectivity index (χ3n) is 7.84. The van der Waals surface area contributed by atoms with Crippen LogP contribution < -0.4 is 10.3 Å². The summed E-state index contributed by atoms with van der Waals surface area (Å²) in [5.74, 6) is 1.55. The first kappa shape index (κ1) is 25.7. The first-order valence-corrected chi connectivity index (χ1v) is 13.7. The van der Waals surface area contributed by atoms with E-state index in [-0.39, 0.29) is 17.7 Å². The van der Waals surface area contributed by atoms with E-state index in [9.17, 15) is 4.79 Å². The number of methoxy groups -OCH3 is 1. The van der Waals surface area contributed by atoms with Crippen LogP contribution in [-0.2, 0) is 17.8 Å². The molecule has 0 radical (unpaired) electrons. The Hall–Kier alpha value is -3.60.